The SMILES string of the molecule is O=C(CN1C(=O)N2CCCN=C2c2ccc(Cl)cc21)NCc1ccc(F)cc1. The topological polar surface area (TPSA) is 65.0 Å². The number of hydrogen-bond acceptors (Lipinski definition) is 3. The van der Waals surface area contributed by atoms with Crippen molar-refractivity contribution in [1.29, 1.82) is 0 Å². The molecule has 3 amide bonds. The monoisotopic (exact) mass is 400 g/mol. The predicted molar refractivity (Wildman–Crippen MR) is 105 cm³/mol. The van der Waals surface area contributed by atoms with Gasteiger partial charge in [-0.25, -0.2) is 9.18 Å². The number of amidine groups is 1. The van der Waals surface area contributed by atoms with Gasteiger partial charge in [0, 0.05) is 30.2 Å². The van der Waals surface area contributed by atoms with Crippen molar-refractivity contribution in [3.05, 3.63) is 64.4 Å². The molecule has 8 heteroatoms. The van der Waals surface area contributed by atoms with Gasteiger partial charge in [0.05, 0.1) is 5.69 Å². The summed E-state index contributed by atoms with van der Waals surface area (Å²) in [7, 11) is 0. The van der Waals surface area contributed by atoms with E-state index in [9.17, 15) is 14.0 Å². The highest BCUT2D eigenvalue weighted by Crippen LogP contribution is 2.32. The van der Waals surface area contributed by atoms with Crippen LogP contribution in [0, 0.1) is 5.82 Å². The van der Waals surface area contributed by atoms with E-state index in [4.69, 9.17) is 11.6 Å². The number of carbonyl (C=O) groups excluding carboxylic acids is 2. The average molecular weight is 401 g/mol. The Morgan fingerprint density at radius 1 is 1.21 bits per heavy atom. The molecule has 0 aliphatic carbocycles. The first-order valence-electron chi connectivity index (χ1n) is 8.97. The third-order valence-corrected chi connectivity index (χ3v) is 4.95. The van der Waals surface area contributed by atoms with Gasteiger partial charge in [0.2, 0.25) is 5.91 Å². The second-order valence-electron chi connectivity index (χ2n) is 6.64. The maximum atomic E-state index is 13.0. The predicted octanol–water partition coefficient (Wildman–Crippen LogP) is 3.19. The lowest BCUT2D eigenvalue weighted by molar-refractivity contribution is -0.119. The summed E-state index contributed by atoms with van der Waals surface area (Å²) < 4.78 is 13.0. The summed E-state index contributed by atoms with van der Waals surface area (Å²) in [5.41, 5.74) is 2.13. The molecule has 28 heavy (non-hydrogen) atoms. The van der Waals surface area contributed by atoms with Crippen molar-refractivity contribution in [2.24, 2.45) is 4.99 Å². The normalized spacial score (nSPS) is 15.6. The van der Waals surface area contributed by atoms with Crippen LogP contribution in [0.4, 0.5) is 14.9 Å². The number of aliphatic imine (C=N–C) groups is 1. The molecule has 6 nitrogen and oxygen atoms in total. The molecule has 0 aromatic heterocycles. The highest BCUT2D eigenvalue weighted by Gasteiger charge is 2.37. The first-order valence-corrected chi connectivity index (χ1v) is 9.35. The summed E-state index contributed by atoms with van der Waals surface area (Å²) in [6.07, 6.45) is 0.781. The fourth-order valence-corrected chi connectivity index (χ4v) is 3.51. The Hall–Kier alpha value is -2.93. The number of carbonyl (C=O) groups is 2. The Balaban J connectivity index is 1.54. The maximum absolute atomic E-state index is 13.0. The van der Waals surface area contributed by atoms with Crippen LogP contribution in [-0.2, 0) is 11.3 Å². The number of urea groups is 1. The minimum absolute atomic E-state index is 0.142. The molecule has 4 rings (SSSR count). The van der Waals surface area contributed by atoms with Crippen LogP contribution in [0.3, 0.4) is 0 Å². The second kappa shape index (κ2) is 7.59. The van der Waals surface area contributed by atoms with Gasteiger partial charge in [-0.1, -0.05) is 23.7 Å². The number of hydrogen-bond donors (Lipinski definition) is 1. The zero-order valence-corrected chi connectivity index (χ0v) is 15.7. The number of amides is 3. The maximum Gasteiger partial charge on any atom is 0.330 e. The van der Waals surface area contributed by atoms with Crippen molar-refractivity contribution < 1.29 is 14.0 Å². The van der Waals surface area contributed by atoms with Crippen molar-refractivity contribution in [2.75, 3.05) is 24.5 Å². The fourth-order valence-electron chi connectivity index (χ4n) is 3.34. The number of benzene rings is 2. The molecule has 2 aliphatic heterocycles. The van der Waals surface area contributed by atoms with Crippen LogP contribution in [0.25, 0.3) is 0 Å². The van der Waals surface area contributed by atoms with Crippen LogP contribution in [0.15, 0.2) is 47.5 Å². The third-order valence-electron chi connectivity index (χ3n) is 4.72. The van der Waals surface area contributed by atoms with Crippen molar-refractivity contribution >= 4 is 35.1 Å². The molecule has 2 aromatic rings. The second-order valence-corrected chi connectivity index (χ2v) is 7.08. The lowest BCUT2D eigenvalue weighted by Gasteiger charge is -2.39. The smallest absolute Gasteiger partial charge is 0.330 e. The molecule has 0 atom stereocenters. The molecular formula is C20H18ClFN4O2. The lowest BCUT2D eigenvalue weighted by atomic mass is 10.1. The van der Waals surface area contributed by atoms with E-state index < -0.39 is 0 Å². The number of fused-ring (bicyclic) bond motifs is 3. The van der Waals surface area contributed by atoms with Crippen LogP contribution < -0.4 is 10.2 Å². The van der Waals surface area contributed by atoms with E-state index in [2.05, 4.69) is 10.3 Å². The van der Waals surface area contributed by atoms with Crippen molar-refractivity contribution in [3.63, 3.8) is 0 Å². The molecule has 0 radical (unpaired) electrons. The van der Waals surface area contributed by atoms with Gasteiger partial charge in [0.1, 0.15) is 18.2 Å². The van der Waals surface area contributed by atoms with Gasteiger partial charge >= 0.3 is 6.03 Å². The van der Waals surface area contributed by atoms with Crippen LogP contribution in [0.2, 0.25) is 5.02 Å². The standard InChI is InChI=1S/C20H18ClFN4O2/c21-14-4-7-16-17(10-14)26(20(28)25-9-1-8-23-19(16)25)12-18(27)24-11-13-2-5-15(22)6-3-13/h2-7,10H,1,8-9,11-12H2,(H,24,27). The van der Waals surface area contributed by atoms with Gasteiger partial charge in [-0.2, -0.15) is 0 Å². The quantitative estimate of drug-likeness (QED) is 0.856. The highest BCUT2D eigenvalue weighted by atomic mass is 35.5. The van der Waals surface area contributed by atoms with Gasteiger partial charge < -0.3 is 5.32 Å². The number of nitrogens with zero attached hydrogens (tertiary/aromatic N) is 3. The minimum atomic E-state index is -0.332. The number of rotatable bonds is 4. The first kappa shape index (κ1) is 18.4. The van der Waals surface area contributed by atoms with E-state index in [1.165, 1.54) is 17.0 Å². The Bertz CT molecular complexity index is 961. The van der Waals surface area contributed by atoms with Crippen molar-refractivity contribution in [1.82, 2.24) is 10.2 Å². The van der Waals surface area contributed by atoms with Crippen molar-refractivity contribution in [3.8, 4) is 0 Å². The van der Waals surface area contributed by atoms with Gasteiger partial charge in [-0.15, -0.1) is 0 Å². The van der Waals surface area contributed by atoms with E-state index in [1.807, 2.05) is 6.07 Å². The first-order chi connectivity index (χ1) is 13.5. The molecule has 2 heterocycles. The molecule has 2 aromatic carbocycles. The van der Waals surface area contributed by atoms with Crippen LogP contribution in [-0.4, -0.2) is 42.3 Å². The van der Waals surface area contributed by atoms with E-state index in [1.54, 1.807) is 29.2 Å². The van der Waals surface area contributed by atoms with E-state index >= 15 is 0 Å². The Morgan fingerprint density at radius 3 is 2.79 bits per heavy atom. The van der Waals surface area contributed by atoms with Crippen LogP contribution in [0.1, 0.15) is 17.5 Å². The largest absolute Gasteiger partial charge is 0.350 e. The van der Waals surface area contributed by atoms with Gasteiger partial charge in [-0.3, -0.25) is 19.6 Å². The highest BCUT2D eigenvalue weighted by molar-refractivity contribution is 6.31. The Labute approximate surface area is 166 Å². The zero-order valence-electron chi connectivity index (χ0n) is 15.0. The number of anilines is 1. The Kier molecular flexibility index (Phi) is 5.00. The molecule has 0 saturated carbocycles. The summed E-state index contributed by atoms with van der Waals surface area (Å²) in [5, 5.41) is 3.25. The molecule has 1 N–H and O–H groups in total. The van der Waals surface area contributed by atoms with Gasteiger partial charge in [-0.05, 0) is 42.3 Å². The summed E-state index contributed by atoms with van der Waals surface area (Å²) in [5.74, 6) is -0.0200. The number of nitrogens with one attached hydrogen (secondary N) is 1. The van der Waals surface area contributed by atoms with E-state index in [0.29, 0.717) is 29.6 Å². The lowest BCUT2D eigenvalue weighted by Crippen LogP contribution is -2.55. The molecule has 0 fully saturated rings. The summed E-state index contributed by atoms with van der Waals surface area (Å²) in [6.45, 7) is 1.34. The molecule has 0 saturated heterocycles. The minimum Gasteiger partial charge on any atom is -0.350 e. The molecule has 2 aliphatic rings. The van der Waals surface area contributed by atoms with Crippen molar-refractivity contribution in [2.45, 2.75) is 13.0 Å². The van der Waals surface area contributed by atoms with Crippen LogP contribution in [0.5, 0.6) is 0 Å². The van der Waals surface area contributed by atoms with Crippen LogP contribution >= 0.6 is 11.6 Å². The number of halogens is 2. The molecular weight excluding hydrogens is 383 g/mol. The molecule has 0 spiro atoms. The van der Waals surface area contributed by atoms with E-state index in [0.717, 1.165) is 17.5 Å². The summed E-state index contributed by atoms with van der Waals surface area (Å²) in [6, 6.07) is 10.8. The van der Waals surface area contributed by atoms with E-state index in [-0.39, 0.29) is 30.8 Å². The zero-order chi connectivity index (χ0) is 19.7. The molecule has 144 valence electrons. The molecule has 0 bridgehead atoms. The third kappa shape index (κ3) is 3.57. The fraction of sp³-hybridized carbons (Fsp3) is 0.250. The van der Waals surface area contributed by atoms with Gasteiger partial charge in [0.15, 0.2) is 0 Å². The average Bonchev–Trinajstić information content (AvgIpc) is 2.70. The Morgan fingerprint density at radius 2 is 2.00 bits per heavy atom. The summed E-state index contributed by atoms with van der Waals surface area (Å²) >= 11 is 6.13. The molecule has 0 unspecified atom stereocenters. The van der Waals surface area contributed by atoms with Gasteiger partial charge in [0.25, 0.3) is 0 Å². The summed E-state index contributed by atoms with van der Waals surface area (Å²) in [4.78, 5) is 33.0.